The van der Waals surface area contributed by atoms with Gasteiger partial charge in [-0.25, -0.2) is 4.39 Å². The third kappa shape index (κ3) is 8.06. The van der Waals surface area contributed by atoms with Crippen LogP contribution in [-0.4, -0.2) is 47.7 Å². The third-order valence-corrected chi connectivity index (χ3v) is 8.74. The molecule has 0 bridgehead atoms. The topological polar surface area (TPSA) is 62.7 Å². The number of halogens is 3. The normalized spacial score (nSPS) is 18.8. The quantitative estimate of drug-likeness (QED) is 0.208. The maximum absolute atomic E-state index is 15.6. The molecular formula is C31H37Cl2FN2O3. The highest BCUT2D eigenvalue weighted by atomic mass is 35.5. The molecule has 210 valence electrons. The number of ether oxygens (including phenoxy) is 1. The summed E-state index contributed by atoms with van der Waals surface area (Å²) in [7, 11) is 1.60. The predicted molar refractivity (Wildman–Crippen MR) is 156 cm³/mol. The van der Waals surface area contributed by atoms with E-state index >= 15 is 4.39 Å². The van der Waals surface area contributed by atoms with Crippen LogP contribution in [0.25, 0.3) is 10.9 Å². The van der Waals surface area contributed by atoms with Crippen LogP contribution in [0.3, 0.4) is 0 Å². The van der Waals surface area contributed by atoms with Gasteiger partial charge in [-0.2, -0.15) is 0 Å². The van der Waals surface area contributed by atoms with Gasteiger partial charge in [0.05, 0.1) is 12.6 Å². The van der Waals surface area contributed by atoms with Crippen molar-refractivity contribution in [3.8, 4) is 5.75 Å². The van der Waals surface area contributed by atoms with Crippen LogP contribution in [0.1, 0.15) is 62.2 Å². The number of aliphatic carboxylic acids is 1. The van der Waals surface area contributed by atoms with E-state index in [9.17, 15) is 9.90 Å². The number of carboxylic acid groups (broad SMARTS) is 1. The highest BCUT2D eigenvalue weighted by Crippen LogP contribution is 2.37. The molecule has 0 saturated carbocycles. The van der Waals surface area contributed by atoms with Gasteiger partial charge in [-0.05, 0) is 117 Å². The minimum absolute atomic E-state index is 0.147. The van der Waals surface area contributed by atoms with Gasteiger partial charge in [0.25, 0.3) is 0 Å². The molecule has 1 aliphatic heterocycles. The van der Waals surface area contributed by atoms with Crippen molar-refractivity contribution in [1.82, 2.24) is 9.88 Å². The second kappa shape index (κ2) is 14.3. The number of benzene rings is 2. The van der Waals surface area contributed by atoms with Gasteiger partial charge >= 0.3 is 5.97 Å². The Bertz CT molecular complexity index is 1240. The van der Waals surface area contributed by atoms with E-state index in [1.54, 1.807) is 19.4 Å². The number of pyridine rings is 1. The summed E-state index contributed by atoms with van der Waals surface area (Å²) < 4.78 is 20.9. The van der Waals surface area contributed by atoms with Crippen molar-refractivity contribution in [2.75, 3.05) is 26.7 Å². The summed E-state index contributed by atoms with van der Waals surface area (Å²) in [5.74, 6) is 0.459. The number of aromatic nitrogens is 1. The van der Waals surface area contributed by atoms with Crippen LogP contribution in [0.4, 0.5) is 4.39 Å². The Morgan fingerprint density at radius 3 is 2.69 bits per heavy atom. The van der Waals surface area contributed by atoms with E-state index in [1.165, 1.54) is 0 Å². The Kier molecular flexibility index (Phi) is 10.8. The number of nitrogens with zero attached hydrogens (tertiary/aromatic N) is 2. The van der Waals surface area contributed by atoms with Crippen molar-refractivity contribution in [1.29, 1.82) is 0 Å². The lowest BCUT2D eigenvalue weighted by molar-refractivity contribution is -0.137. The molecule has 1 aromatic heterocycles. The molecule has 5 nitrogen and oxygen atoms in total. The monoisotopic (exact) mass is 574 g/mol. The fourth-order valence-electron chi connectivity index (χ4n) is 5.85. The van der Waals surface area contributed by atoms with Gasteiger partial charge < -0.3 is 14.7 Å². The lowest BCUT2D eigenvalue weighted by Gasteiger charge is -2.39. The van der Waals surface area contributed by atoms with E-state index in [0.717, 1.165) is 68.2 Å². The van der Waals surface area contributed by atoms with Crippen LogP contribution < -0.4 is 4.74 Å². The van der Waals surface area contributed by atoms with E-state index in [2.05, 4.69) is 9.88 Å². The highest BCUT2D eigenvalue weighted by Gasteiger charge is 2.30. The van der Waals surface area contributed by atoms with Crippen LogP contribution in [0, 0.1) is 11.8 Å². The molecule has 8 heteroatoms. The minimum Gasteiger partial charge on any atom is -0.497 e. The van der Waals surface area contributed by atoms with Crippen LogP contribution in [-0.2, 0) is 11.2 Å². The van der Waals surface area contributed by atoms with Crippen molar-refractivity contribution in [3.63, 3.8) is 0 Å². The summed E-state index contributed by atoms with van der Waals surface area (Å²) in [4.78, 5) is 18.2. The molecule has 4 rings (SSSR count). The molecule has 1 saturated heterocycles. The second-order valence-electron chi connectivity index (χ2n) is 10.5. The molecule has 3 aromatic rings. The molecule has 1 aliphatic rings. The van der Waals surface area contributed by atoms with Gasteiger partial charge in [-0.15, -0.1) is 0 Å². The third-order valence-electron chi connectivity index (χ3n) is 8.03. The summed E-state index contributed by atoms with van der Waals surface area (Å²) in [5, 5.41) is 11.5. The van der Waals surface area contributed by atoms with Crippen LogP contribution in [0.2, 0.25) is 10.0 Å². The molecular weight excluding hydrogens is 538 g/mol. The molecule has 2 heterocycles. The largest absolute Gasteiger partial charge is 0.497 e. The van der Waals surface area contributed by atoms with Crippen molar-refractivity contribution >= 4 is 40.1 Å². The van der Waals surface area contributed by atoms with E-state index in [-0.39, 0.29) is 12.3 Å². The second-order valence-corrected chi connectivity index (χ2v) is 11.3. The van der Waals surface area contributed by atoms with E-state index in [0.29, 0.717) is 40.1 Å². The molecule has 1 N–H and O–H groups in total. The Morgan fingerprint density at radius 2 is 1.95 bits per heavy atom. The molecule has 0 unspecified atom stereocenters. The Morgan fingerprint density at radius 1 is 1.15 bits per heavy atom. The number of carbonyl (C=O) groups is 1. The van der Waals surface area contributed by atoms with Crippen molar-refractivity contribution in [2.24, 2.45) is 11.8 Å². The lowest BCUT2D eigenvalue weighted by Crippen LogP contribution is -2.41. The number of fused-ring (bicyclic) bond motifs is 1. The maximum Gasteiger partial charge on any atom is 0.303 e. The first-order chi connectivity index (χ1) is 18.9. The molecule has 0 radical (unpaired) electrons. The highest BCUT2D eigenvalue weighted by molar-refractivity contribution is 6.35. The van der Waals surface area contributed by atoms with Crippen LogP contribution in [0.5, 0.6) is 5.75 Å². The average Bonchev–Trinajstić information content (AvgIpc) is 2.93. The van der Waals surface area contributed by atoms with Gasteiger partial charge in [0.1, 0.15) is 11.9 Å². The lowest BCUT2D eigenvalue weighted by atomic mass is 9.79. The molecule has 0 amide bonds. The zero-order valence-corrected chi connectivity index (χ0v) is 23.9. The smallest absolute Gasteiger partial charge is 0.303 e. The van der Waals surface area contributed by atoms with Gasteiger partial charge in [0.15, 0.2) is 0 Å². The number of rotatable bonds is 13. The SMILES string of the molecule is COc1ccc2nccc([C@H](F)CC[C@@H]3CCN(CCCCc4c(Cl)cccc4Cl)C[C@H]3CCC(=O)O)c2c1. The molecule has 2 aromatic carbocycles. The number of unbranched alkanes of at least 4 members (excludes halogenated alkanes) is 1. The zero-order chi connectivity index (χ0) is 27.8. The van der Waals surface area contributed by atoms with Gasteiger partial charge in [-0.1, -0.05) is 29.3 Å². The fourth-order valence-corrected chi connectivity index (χ4v) is 6.43. The zero-order valence-electron chi connectivity index (χ0n) is 22.4. The number of hydrogen-bond acceptors (Lipinski definition) is 4. The molecule has 39 heavy (non-hydrogen) atoms. The standard InChI is InChI=1S/C31H37Cl2FN2O3/c1-39-23-10-12-30-26(19-23)24(14-16-35-30)29(34)11-8-21-15-18-36(20-22(21)9-13-31(37)38)17-3-2-5-25-27(32)6-4-7-28(25)33/h4,6-7,10,12,14,16,19,21-22,29H,2-3,5,8-9,11,13,15,17-18,20H2,1H3,(H,37,38)/t21-,22-,29-/m1/s1. The van der Waals surface area contributed by atoms with Gasteiger partial charge in [-0.3, -0.25) is 9.78 Å². The molecule has 1 fully saturated rings. The Labute approximate surface area is 240 Å². The summed E-state index contributed by atoms with van der Waals surface area (Å²) >= 11 is 12.6. The van der Waals surface area contributed by atoms with Gasteiger partial charge in [0, 0.05) is 34.6 Å². The Balaban J connectivity index is 1.32. The molecule has 0 aliphatic carbocycles. The number of alkyl halides is 1. The maximum atomic E-state index is 15.6. The fraction of sp³-hybridized carbons (Fsp3) is 0.484. The van der Waals surface area contributed by atoms with Crippen LogP contribution >= 0.6 is 23.2 Å². The summed E-state index contributed by atoms with van der Waals surface area (Å²) in [6.45, 7) is 2.76. The number of carboxylic acids is 1. The van der Waals surface area contributed by atoms with E-state index < -0.39 is 12.1 Å². The average molecular weight is 576 g/mol. The number of likely N-dealkylation sites (tertiary alicyclic amines) is 1. The first-order valence-corrected chi connectivity index (χ1v) is 14.5. The van der Waals surface area contributed by atoms with E-state index in [4.69, 9.17) is 27.9 Å². The predicted octanol–water partition coefficient (Wildman–Crippen LogP) is 8.17. The summed E-state index contributed by atoms with van der Waals surface area (Å²) in [6, 6.07) is 12.9. The van der Waals surface area contributed by atoms with Crippen molar-refractivity contribution in [2.45, 2.75) is 57.5 Å². The number of piperidine rings is 1. The van der Waals surface area contributed by atoms with Crippen LogP contribution in [0.15, 0.2) is 48.7 Å². The Hall–Kier alpha value is -2.41. The minimum atomic E-state index is -1.11. The van der Waals surface area contributed by atoms with Crippen molar-refractivity contribution < 1.29 is 19.0 Å². The van der Waals surface area contributed by atoms with E-state index in [1.807, 2.05) is 36.4 Å². The van der Waals surface area contributed by atoms with Gasteiger partial charge in [0.2, 0.25) is 0 Å². The first kappa shape index (κ1) is 29.6. The molecule has 3 atom stereocenters. The number of hydrogen-bond donors (Lipinski definition) is 1. The summed E-state index contributed by atoms with van der Waals surface area (Å²) in [5.41, 5.74) is 2.39. The summed E-state index contributed by atoms with van der Waals surface area (Å²) in [6.07, 6.45) is 6.25. The number of methoxy groups -OCH3 is 1. The van der Waals surface area contributed by atoms with Crippen molar-refractivity contribution in [3.05, 3.63) is 69.8 Å². The first-order valence-electron chi connectivity index (χ1n) is 13.8. The molecule has 0 spiro atoms.